The molecule has 1 saturated carbocycles. The number of imidazole rings is 1. The van der Waals surface area contributed by atoms with E-state index in [0.29, 0.717) is 12.5 Å². The third-order valence-electron chi connectivity index (χ3n) is 4.50. The molecule has 9 nitrogen and oxygen atoms in total. The lowest BCUT2D eigenvalue weighted by molar-refractivity contribution is 0.414. The SMILES string of the molecule is COc1ccc(CN(c2nc(S(C)(=O)=O)nc3nc(C#N)cn23)C2CC2)cc1. The van der Waals surface area contributed by atoms with E-state index in [1.165, 1.54) is 6.20 Å². The normalized spacial score (nSPS) is 14.0. The standard InChI is InChI=1S/C18H18N6O3S/c1-27-15-7-3-12(4-8-15)10-23(14-5-6-14)18-22-17(28(2,25)26)21-16-20-13(9-19)11-24(16)18/h3-4,7-8,11,14H,5-6,10H2,1-2H3. The van der Waals surface area contributed by atoms with E-state index in [2.05, 4.69) is 15.0 Å². The number of nitrogens with zero attached hydrogens (tertiary/aromatic N) is 6. The summed E-state index contributed by atoms with van der Waals surface area (Å²) in [6.07, 6.45) is 4.55. The van der Waals surface area contributed by atoms with E-state index in [9.17, 15) is 13.7 Å². The minimum absolute atomic E-state index is 0.141. The van der Waals surface area contributed by atoms with E-state index < -0.39 is 9.84 Å². The molecule has 0 bridgehead atoms. The Balaban J connectivity index is 1.83. The van der Waals surface area contributed by atoms with Gasteiger partial charge in [-0.15, -0.1) is 0 Å². The topological polar surface area (TPSA) is 113 Å². The van der Waals surface area contributed by atoms with Crippen molar-refractivity contribution in [2.24, 2.45) is 0 Å². The highest BCUT2D eigenvalue weighted by Crippen LogP contribution is 2.33. The molecule has 0 aliphatic heterocycles. The van der Waals surface area contributed by atoms with E-state index in [0.717, 1.165) is 30.4 Å². The van der Waals surface area contributed by atoms with Crippen LogP contribution in [0.15, 0.2) is 35.6 Å². The molecule has 2 heterocycles. The van der Waals surface area contributed by atoms with Gasteiger partial charge in [-0.2, -0.15) is 20.2 Å². The molecule has 28 heavy (non-hydrogen) atoms. The number of hydrogen-bond acceptors (Lipinski definition) is 8. The van der Waals surface area contributed by atoms with Crippen molar-refractivity contribution in [3.63, 3.8) is 0 Å². The number of sulfone groups is 1. The summed E-state index contributed by atoms with van der Waals surface area (Å²) in [6, 6.07) is 9.87. The smallest absolute Gasteiger partial charge is 0.253 e. The van der Waals surface area contributed by atoms with E-state index >= 15 is 0 Å². The molecular formula is C18H18N6O3S. The fraction of sp³-hybridized carbons (Fsp3) is 0.333. The highest BCUT2D eigenvalue weighted by molar-refractivity contribution is 7.90. The van der Waals surface area contributed by atoms with Crippen LogP contribution in [0.5, 0.6) is 5.75 Å². The van der Waals surface area contributed by atoms with Crippen molar-refractivity contribution in [2.45, 2.75) is 30.6 Å². The van der Waals surface area contributed by atoms with Gasteiger partial charge in [0.25, 0.3) is 5.16 Å². The van der Waals surface area contributed by atoms with Crippen LogP contribution >= 0.6 is 0 Å². The number of rotatable bonds is 6. The predicted octanol–water partition coefficient (Wildman–Crippen LogP) is 1.58. The van der Waals surface area contributed by atoms with E-state index in [4.69, 9.17) is 4.74 Å². The number of benzene rings is 1. The van der Waals surface area contributed by atoms with E-state index in [1.54, 1.807) is 11.5 Å². The Kier molecular flexibility index (Phi) is 4.39. The van der Waals surface area contributed by atoms with Crippen LogP contribution in [-0.4, -0.2) is 47.2 Å². The molecule has 1 fully saturated rings. The second-order valence-electron chi connectivity index (χ2n) is 6.69. The molecule has 2 aromatic heterocycles. The first kappa shape index (κ1) is 18.2. The maximum atomic E-state index is 12.1. The second kappa shape index (κ2) is 6.76. The van der Waals surface area contributed by atoms with Crippen LogP contribution in [-0.2, 0) is 16.4 Å². The molecule has 0 spiro atoms. The molecule has 1 aliphatic carbocycles. The molecule has 10 heteroatoms. The Hall–Kier alpha value is -3.19. The zero-order valence-corrected chi connectivity index (χ0v) is 16.2. The van der Waals surface area contributed by atoms with Gasteiger partial charge in [0.05, 0.1) is 13.3 Å². The summed E-state index contributed by atoms with van der Waals surface area (Å²) in [5, 5.41) is 8.89. The number of aromatic nitrogens is 4. The van der Waals surface area contributed by atoms with Crippen molar-refractivity contribution in [1.29, 1.82) is 5.26 Å². The van der Waals surface area contributed by atoms with Crippen LogP contribution in [0.2, 0.25) is 0 Å². The van der Waals surface area contributed by atoms with Crippen molar-refractivity contribution >= 4 is 21.6 Å². The maximum absolute atomic E-state index is 12.1. The Morgan fingerprint density at radius 3 is 2.54 bits per heavy atom. The number of nitriles is 1. The molecule has 144 valence electrons. The lowest BCUT2D eigenvalue weighted by atomic mass is 10.2. The third kappa shape index (κ3) is 3.48. The van der Waals surface area contributed by atoms with Gasteiger partial charge in [-0.3, -0.25) is 4.40 Å². The average molecular weight is 398 g/mol. The molecule has 0 atom stereocenters. The average Bonchev–Trinajstić information content (AvgIpc) is 3.43. The summed E-state index contributed by atoms with van der Waals surface area (Å²) in [6.45, 7) is 0.532. The van der Waals surface area contributed by atoms with Gasteiger partial charge >= 0.3 is 0 Å². The number of hydrogen-bond donors (Lipinski definition) is 0. The zero-order chi connectivity index (χ0) is 19.9. The third-order valence-corrected chi connectivity index (χ3v) is 5.34. The minimum atomic E-state index is -3.64. The first-order valence-electron chi connectivity index (χ1n) is 8.66. The molecule has 0 saturated heterocycles. The van der Waals surface area contributed by atoms with Gasteiger partial charge < -0.3 is 9.64 Å². The monoisotopic (exact) mass is 398 g/mol. The summed E-state index contributed by atoms with van der Waals surface area (Å²) < 4.78 is 30.9. The molecule has 4 rings (SSSR count). The molecule has 0 amide bonds. The summed E-state index contributed by atoms with van der Waals surface area (Å²) >= 11 is 0. The van der Waals surface area contributed by atoms with Crippen LogP contribution in [0.25, 0.3) is 5.78 Å². The molecule has 1 aliphatic rings. The summed E-state index contributed by atoms with van der Waals surface area (Å²) in [7, 11) is -2.02. The van der Waals surface area contributed by atoms with Gasteiger partial charge in [0.15, 0.2) is 5.69 Å². The fourth-order valence-electron chi connectivity index (χ4n) is 2.95. The van der Waals surface area contributed by atoms with Gasteiger partial charge in [0, 0.05) is 18.8 Å². The van der Waals surface area contributed by atoms with Gasteiger partial charge in [-0.1, -0.05) is 12.1 Å². The number of anilines is 1. The van der Waals surface area contributed by atoms with E-state index in [1.807, 2.05) is 35.2 Å². The minimum Gasteiger partial charge on any atom is -0.497 e. The highest BCUT2D eigenvalue weighted by atomic mass is 32.2. The van der Waals surface area contributed by atoms with Gasteiger partial charge in [0.2, 0.25) is 21.6 Å². The van der Waals surface area contributed by atoms with Crippen molar-refractivity contribution in [3.05, 3.63) is 41.7 Å². The Bertz CT molecular complexity index is 1180. The van der Waals surface area contributed by atoms with Crippen LogP contribution in [0.3, 0.4) is 0 Å². The zero-order valence-electron chi connectivity index (χ0n) is 15.4. The van der Waals surface area contributed by atoms with Crippen LogP contribution in [0, 0.1) is 11.3 Å². The number of fused-ring (bicyclic) bond motifs is 1. The quantitative estimate of drug-likeness (QED) is 0.615. The lowest BCUT2D eigenvalue weighted by Crippen LogP contribution is -2.29. The molecule has 1 aromatic carbocycles. The van der Waals surface area contributed by atoms with Gasteiger partial charge in [0.1, 0.15) is 11.8 Å². The molecule has 0 unspecified atom stereocenters. The predicted molar refractivity (Wildman–Crippen MR) is 101 cm³/mol. The highest BCUT2D eigenvalue weighted by Gasteiger charge is 2.33. The van der Waals surface area contributed by atoms with Crippen LogP contribution < -0.4 is 9.64 Å². The Labute approximate surface area is 162 Å². The van der Waals surface area contributed by atoms with Crippen molar-refractivity contribution in [3.8, 4) is 11.8 Å². The molecule has 0 radical (unpaired) electrons. The Morgan fingerprint density at radius 1 is 1.25 bits per heavy atom. The van der Waals surface area contributed by atoms with Crippen molar-refractivity contribution in [2.75, 3.05) is 18.3 Å². The summed E-state index contributed by atoms with van der Waals surface area (Å²) in [4.78, 5) is 14.5. The first-order chi connectivity index (χ1) is 13.4. The fourth-order valence-corrected chi connectivity index (χ4v) is 3.44. The second-order valence-corrected chi connectivity index (χ2v) is 8.60. The number of ether oxygens (including phenoxy) is 1. The van der Waals surface area contributed by atoms with Crippen LogP contribution in [0.1, 0.15) is 24.1 Å². The lowest BCUT2D eigenvalue weighted by Gasteiger charge is -2.24. The summed E-state index contributed by atoms with van der Waals surface area (Å²) in [5.41, 5.74) is 1.18. The van der Waals surface area contributed by atoms with Crippen LogP contribution in [0.4, 0.5) is 5.95 Å². The summed E-state index contributed by atoms with van der Waals surface area (Å²) in [5.74, 6) is 1.32. The van der Waals surface area contributed by atoms with Crippen molar-refractivity contribution < 1.29 is 13.2 Å². The van der Waals surface area contributed by atoms with E-state index in [-0.39, 0.29) is 22.7 Å². The maximum Gasteiger partial charge on any atom is 0.253 e. The first-order valence-corrected chi connectivity index (χ1v) is 10.5. The number of methoxy groups -OCH3 is 1. The molecular weight excluding hydrogens is 380 g/mol. The van der Waals surface area contributed by atoms with Gasteiger partial charge in [-0.25, -0.2) is 8.42 Å². The molecule has 3 aromatic rings. The van der Waals surface area contributed by atoms with Crippen molar-refractivity contribution in [1.82, 2.24) is 19.4 Å². The largest absolute Gasteiger partial charge is 0.497 e. The van der Waals surface area contributed by atoms with Gasteiger partial charge in [-0.05, 0) is 30.5 Å². The molecule has 0 N–H and O–H groups in total. The Morgan fingerprint density at radius 2 is 1.96 bits per heavy atom.